The number of Topliss-reactive ketones (excluding diaryl/α,β-unsaturated/α-hetero) is 1. The van der Waals surface area contributed by atoms with Crippen LogP contribution >= 0.6 is 11.8 Å². The summed E-state index contributed by atoms with van der Waals surface area (Å²) in [5.41, 5.74) is -0.105. The Bertz CT molecular complexity index is 361. The van der Waals surface area contributed by atoms with Gasteiger partial charge in [-0.25, -0.2) is 4.84 Å². The minimum absolute atomic E-state index is 0.0165. The molecule has 1 aliphatic rings. The summed E-state index contributed by atoms with van der Waals surface area (Å²) in [5.74, 6) is 0.0165. The predicted octanol–water partition coefficient (Wildman–Crippen LogP) is 2.71. The first-order chi connectivity index (χ1) is 7.78. The van der Waals surface area contributed by atoms with Gasteiger partial charge in [-0.3, -0.25) is 9.78 Å². The average Bonchev–Trinajstić information content (AvgIpc) is 2.39. The number of ketones is 1. The summed E-state index contributed by atoms with van der Waals surface area (Å²) < 4.78 is 0. The molecule has 1 saturated carbocycles. The summed E-state index contributed by atoms with van der Waals surface area (Å²) >= 11 is 5.78. The van der Waals surface area contributed by atoms with Crippen LogP contribution in [0.1, 0.15) is 42.6 Å². The van der Waals surface area contributed by atoms with Crippen molar-refractivity contribution in [3.05, 3.63) is 30.1 Å². The number of rotatable bonds is 3. The van der Waals surface area contributed by atoms with Gasteiger partial charge in [0, 0.05) is 6.20 Å². The lowest BCUT2D eigenvalue weighted by Crippen LogP contribution is -2.49. The third kappa shape index (κ3) is 2.11. The number of pyridine rings is 1. The largest absolute Gasteiger partial charge is 0.290 e. The van der Waals surface area contributed by atoms with Crippen LogP contribution in [0.4, 0.5) is 0 Å². The van der Waals surface area contributed by atoms with Crippen molar-refractivity contribution in [2.75, 3.05) is 0 Å². The number of nitrogens with zero attached hydrogens (tertiary/aromatic N) is 1. The minimum Gasteiger partial charge on any atom is -0.290 e. The number of aromatic nitrogens is 1. The molecule has 0 atom stereocenters. The first-order valence-electron chi connectivity index (χ1n) is 5.62. The first-order valence-corrected chi connectivity index (χ1v) is 6.00. The summed E-state index contributed by atoms with van der Waals surface area (Å²) in [6.07, 6.45) is 6.49. The number of hydrogen-bond donors (Lipinski definition) is 1. The summed E-state index contributed by atoms with van der Waals surface area (Å²) in [5, 5.41) is 0. The molecule has 0 bridgehead atoms. The van der Waals surface area contributed by atoms with Gasteiger partial charge in [0.2, 0.25) is 5.78 Å². The van der Waals surface area contributed by atoms with E-state index in [0.29, 0.717) is 5.69 Å². The van der Waals surface area contributed by atoms with Crippen LogP contribution in [0.3, 0.4) is 0 Å². The number of nitrogens with one attached hydrogen (secondary N) is 1. The normalized spacial score (nSPS) is 19.3. The quantitative estimate of drug-likeness (QED) is 0.650. The Morgan fingerprint density at radius 3 is 2.62 bits per heavy atom. The fourth-order valence-corrected chi connectivity index (χ4v) is 2.54. The van der Waals surface area contributed by atoms with E-state index < -0.39 is 5.54 Å². The highest BCUT2D eigenvalue weighted by Gasteiger charge is 2.39. The van der Waals surface area contributed by atoms with Crippen LogP contribution in [-0.4, -0.2) is 16.3 Å². The molecule has 0 aliphatic heterocycles. The second-order valence-electron chi connectivity index (χ2n) is 4.28. The topological polar surface area (TPSA) is 42.0 Å². The number of carbonyl (C=O) groups is 1. The summed E-state index contributed by atoms with van der Waals surface area (Å²) in [6, 6.07) is 5.37. The van der Waals surface area contributed by atoms with Crippen molar-refractivity contribution >= 4 is 17.6 Å². The number of halogens is 1. The van der Waals surface area contributed by atoms with Gasteiger partial charge in [0.1, 0.15) is 5.69 Å². The van der Waals surface area contributed by atoms with E-state index in [-0.39, 0.29) is 5.78 Å². The van der Waals surface area contributed by atoms with E-state index >= 15 is 0 Å². The fourth-order valence-electron chi connectivity index (χ4n) is 2.26. The van der Waals surface area contributed by atoms with Gasteiger partial charge in [-0.05, 0) is 36.8 Å². The average molecular weight is 239 g/mol. The molecule has 1 aromatic rings. The Hall–Kier alpha value is -0.930. The monoisotopic (exact) mass is 238 g/mol. The molecule has 1 N–H and O–H groups in total. The third-order valence-corrected chi connectivity index (χ3v) is 3.58. The zero-order chi connectivity index (χ0) is 11.4. The van der Waals surface area contributed by atoms with Crippen LogP contribution in [0.25, 0.3) is 0 Å². The Balaban J connectivity index is 2.24. The smallest absolute Gasteiger partial charge is 0.202 e. The SMILES string of the molecule is O=C(c1ccccn1)C1(NCl)CCCCC1. The molecule has 4 heteroatoms. The first kappa shape index (κ1) is 11.6. The molecule has 1 heterocycles. The van der Waals surface area contributed by atoms with Crippen molar-refractivity contribution in [1.29, 1.82) is 0 Å². The Morgan fingerprint density at radius 1 is 1.31 bits per heavy atom. The van der Waals surface area contributed by atoms with Crippen molar-refractivity contribution in [2.45, 2.75) is 37.6 Å². The van der Waals surface area contributed by atoms with Crippen molar-refractivity contribution in [3.8, 4) is 0 Å². The van der Waals surface area contributed by atoms with E-state index in [4.69, 9.17) is 11.8 Å². The van der Waals surface area contributed by atoms with E-state index in [1.54, 1.807) is 18.3 Å². The fraction of sp³-hybridized carbons (Fsp3) is 0.500. The summed E-state index contributed by atoms with van der Waals surface area (Å²) in [4.78, 5) is 19.1. The van der Waals surface area contributed by atoms with Gasteiger partial charge in [0.05, 0.1) is 5.54 Å². The van der Waals surface area contributed by atoms with Crippen molar-refractivity contribution in [1.82, 2.24) is 9.82 Å². The van der Waals surface area contributed by atoms with Crippen LogP contribution in [0, 0.1) is 0 Å². The lowest BCUT2D eigenvalue weighted by Gasteiger charge is -2.33. The standard InChI is InChI=1S/C12H15ClN2O/c13-15-12(7-3-1-4-8-12)11(16)10-6-2-5-9-14-10/h2,5-6,9,15H,1,3-4,7-8H2. The second-order valence-corrected chi connectivity index (χ2v) is 4.47. The van der Waals surface area contributed by atoms with Gasteiger partial charge in [0.15, 0.2) is 0 Å². The zero-order valence-electron chi connectivity index (χ0n) is 9.08. The summed E-state index contributed by atoms with van der Waals surface area (Å²) in [7, 11) is 0. The lowest BCUT2D eigenvalue weighted by atomic mass is 9.78. The second kappa shape index (κ2) is 4.93. The molecular formula is C12H15ClN2O. The molecule has 0 radical (unpaired) electrons. The van der Waals surface area contributed by atoms with Crippen LogP contribution in [-0.2, 0) is 0 Å². The molecule has 1 aromatic heterocycles. The molecule has 0 saturated heterocycles. The maximum atomic E-state index is 12.3. The number of hydrogen-bond acceptors (Lipinski definition) is 3. The molecule has 16 heavy (non-hydrogen) atoms. The van der Waals surface area contributed by atoms with Gasteiger partial charge >= 0.3 is 0 Å². The number of carbonyl (C=O) groups excluding carboxylic acids is 1. The molecule has 2 rings (SSSR count). The van der Waals surface area contributed by atoms with Gasteiger partial charge in [-0.2, -0.15) is 0 Å². The van der Waals surface area contributed by atoms with Crippen LogP contribution in [0.15, 0.2) is 24.4 Å². The Labute approximate surface area is 100 Å². The maximum Gasteiger partial charge on any atom is 0.202 e. The molecule has 1 aliphatic carbocycles. The predicted molar refractivity (Wildman–Crippen MR) is 63.4 cm³/mol. The molecule has 0 unspecified atom stereocenters. The van der Waals surface area contributed by atoms with E-state index in [1.165, 1.54) is 6.42 Å². The molecule has 1 fully saturated rings. The van der Waals surface area contributed by atoms with Crippen molar-refractivity contribution in [2.24, 2.45) is 0 Å². The third-order valence-electron chi connectivity index (χ3n) is 3.22. The molecule has 0 aromatic carbocycles. The highest BCUT2D eigenvalue weighted by molar-refractivity contribution is 6.17. The Kier molecular flexibility index (Phi) is 3.56. The van der Waals surface area contributed by atoms with Gasteiger partial charge in [-0.15, -0.1) is 0 Å². The van der Waals surface area contributed by atoms with Gasteiger partial charge < -0.3 is 0 Å². The van der Waals surface area contributed by atoms with E-state index in [9.17, 15) is 4.79 Å². The molecule has 0 amide bonds. The van der Waals surface area contributed by atoms with Gasteiger partial charge in [-0.1, -0.05) is 25.3 Å². The zero-order valence-corrected chi connectivity index (χ0v) is 9.83. The van der Waals surface area contributed by atoms with Crippen molar-refractivity contribution in [3.63, 3.8) is 0 Å². The van der Waals surface area contributed by atoms with E-state index in [0.717, 1.165) is 25.7 Å². The highest BCUT2D eigenvalue weighted by Crippen LogP contribution is 2.31. The molecule has 86 valence electrons. The van der Waals surface area contributed by atoms with Crippen LogP contribution in [0.5, 0.6) is 0 Å². The minimum atomic E-state index is -0.603. The van der Waals surface area contributed by atoms with E-state index in [2.05, 4.69) is 9.82 Å². The van der Waals surface area contributed by atoms with Crippen molar-refractivity contribution < 1.29 is 4.79 Å². The highest BCUT2D eigenvalue weighted by atomic mass is 35.5. The van der Waals surface area contributed by atoms with Crippen LogP contribution in [0.2, 0.25) is 0 Å². The summed E-state index contributed by atoms with van der Waals surface area (Å²) in [6.45, 7) is 0. The van der Waals surface area contributed by atoms with Crippen LogP contribution < -0.4 is 4.84 Å². The lowest BCUT2D eigenvalue weighted by molar-refractivity contribution is 0.0823. The molecule has 3 nitrogen and oxygen atoms in total. The molecular weight excluding hydrogens is 224 g/mol. The maximum absolute atomic E-state index is 12.3. The molecule has 0 spiro atoms. The Morgan fingerprint density at radius 2 is 2.06 bits per heavy atom. The van der Waals surface area contributed by atoms with Gasteiger partial charge in [0.25, 0.3) is 0 Å². The van der Waals surface area contributed by atoms with E-state index in [1.807, 2.05) is 6.07 Å².